The molecule has 1 fully saturated rings. The molecular weight excluding hydrogens is 444 g/mol. The van der Waals surface area contributed by atoms with E-state index in [1.807, 2.05) is 13.1 Å². The van der Waals surface area contributed by atoms with Crippen LogP contribution in [0.5, 0.6) is 0 Å². The zero-order valence-electron chi connectivity index (χ0n) is 20.8. The monoisotopic (exact) mass is 477 g/mol. The van der Waals surface area contributed by atoms with E-state index in [-0.39, 0.29) is 23.8 Å². The number of aromatic nitrogens is 2. The maximum Gasteiger partial charge on any atom is 0.227 e. The van der Waals surface area contributed by atoms with Gasteiger partial charge in [-0.15, -0.1) is 0 Å². The predicted molar refractivity (Wildman–Crippen MR) is 133 cm³/mol. The molecule has 0 unspecified atom stereocenters. The molecule has 0 saturated carbocycles. The number of hydrogen-bond donors (Lipinski definition) is 0. The van der Waals surface area contributed by atoms with Gasteiger partial charge in [-0.1, -0.05) is 35.4 Å². The maximum atomic E-state index is 14.0. The number of rotatable bonds is 7. The SMILES string of the molecule is Cc1cc(C)cc(CCCc2cnc(C)nc2C2CCN(C(=O)Cc3c(F)cccc3F)CC2)c1. The summed E-state index contributed by atoms with van der Waals surface area (Å²) in [5.74, 6) is -0.570. The van der Waals surface area contributed by atoms with E-state index in [4.69, 9.17) is 4.98 Å². The van der Waals surface area contributed by atoms with Crippen LogP contribution >= 0.6 is 0 Å². The molecule has 0 aliphatic carbocycles. The number of likely N-dealkylation sites (tertiary alicyclic amines) is 1. The summed E-state index contributed by atoms with van der Waals surface area (Å²) in [6.45, 7) is 7.29. The predicted octanol–water partition coefficient (Wildman–Crippen LogP) is 5.80. The number of carbonyl (C=O) groups excluding carboxylic acids is 1. The number of amides is 1. The Morgan fingerprint density at radius 2 is 1.66 bits per heavy atom. The molecule has 1 saturated heterocycles. The second-order valence-electron chi connectivity index (χ2n) is 9.71. The Kier molecular flexibility index (Phi) is 7.89. The number of benzene rings is 2. The van der Waals surface area contributed by atoms with Crippen LogP contribution in [0.15, 0.2) is 42.6 Å². The first-order valence-corrected chi connectivity index (χ1v) is 12.4. The zero-order valence-corrected chi connectivity index (χ0v) is 20.8. The van der Waals surface area contributed by atoms with Crippen molar-refractivity contribution < 1.29 is 13.6 Å². The minimum absolute atomic E-state index is 0.155. The lowest BCUT2D eigenvalue weighted by molar-refractivity contribution is -0.131. The number of piperidine rings is 1. The number of halogens is 2. The molecule has 1 aliphatic rings. The lowest BCUT2D eigenvalue weighted by atomic mass is 9.89. The second kappa shape index (κ2) is 11.1. The van der Waals surface area contributed by atoms with Crippen molar-refractivity contribution in [2.75, 3.05) is 13.1 Å². The summed E-state index contributed by atoms with van der Waals surface area (Å²) in [7, 11) is 0. The van der Waals surface area contributed by atoms with Gasteiger partial charge in [0.1, 0.15) is 17.5 Å². The molecule has 6 heteroatoms. The Morgan fingerprint density at radius 1 is 1.00 bits per heavy atom. The second-order valence-corrected chi connectivity index (χ2v) is 9.71. The van der Waals surface area contributed by atoms with E-state index in [1.165, 1.54) is 40.5 Å². The number of hydrogen-bond acceptors (Lipinski definition) is 3. The van der Waals surface area contributed by atoms with Gasteiger partial charge in [-0.2, -0.15) is 0 Å². The molecule has 1 amide bonds. The lowest BCUT2D eigenvalue weighted by Crippen LogP contribution is -2.39. The third kappa shape index (κ3) is 6.30. The molecule has 2 heterocycles. The van der Waals surface area contributed by atoms with Crippen LogP contribution in [0.3, 0.4) is 0 Å². The van der Waals surface area contributed by atoms with Crippen molar-refractivity contribution in [3.63, 3.8) is 0 Å². The largest absolute Gasteiger partial charge is 0.342 e. The molecule has 1 aliphatic heterocycles. The van der Waals surface area contributed by atoms with E-state index in [9.17, 15) is 13.6 Å². The van der Waals surface area contributed by atoms with Crippen molar-refractivity contribution in [3.8, 4) is 0 Å². The van der Waals surface area contributed by atoms with E-state index < -0.39 is 11.6 Å². The van der Waals surface area contributed by atoms with Gasteiger partial charge in [-0.3, -0.25) is 4.79 Å². The van der Waals surface area contributed by atoms with E-state index in [0.717, 1.165) is 43.6 Å². The molecule has 0 spiro atoms. The minimum Gasteiger partial charge on any atom is -0.342 e. The summed E-state index contributed by atoms with van der Waals surface area (Å²) in [6.07, 6.45) is 6.21. The van der Waals surface area contributed by atoms with Gasteiger partial charge in [0.2, 0.25) is 5.91 Å². The van der Waals surface area contributed by atoms with E-state index in [0.29, 0.717) is 13.1 Å². The quantitative estimate of drug-likeness (QED) is 0.432. The average Bonchev–Trinajstić information content (AvgIpc) is 2.82. The van der Waals surface area contributed by atoms with Crippen LogP contribution in [0.25, 0.3) is 0 Å². The number of carbonyl (C=O) groups is 1. The Balaban J connectivity index is 1.37. The number of aryl methyl sites for hydroxylation is 5. The smallest absolute Gasteiger partial charge is 0.227 e. The summed E-state index contributed by atoms with van der Waals surface area (Å²) in [5, 5.41) is 0. The molecule has 4 rings (SSSR count). The average molecular weight is 478 g/mol. The Morgan fingerprint density at radius 3 is 2.31 bits per heavy atom. The molecular formula is C29H33F2N3O. The highest BCUT2D eigenvalue weighted by atomic mass is 19.1. The third-order valence-electron chi connectivity index (χ3n) is 6.84. The highest BCUT2D eigenvalue weighted by Gasteiger charge is 2.27. The van der Waals surface area contributed by atoms with Crippen molar-refractivity contribution in [1.82, 2.24) is 14.9 Å². The lowest BCUT2D eigenvalue weighted by Gasteiger charge is -2.32. The van der Waals surface area contributed by atoms with Gasteiger partial charge >= 0.3 is 0 Å². The summed E-state index contributed by atoms with van der Waals surface area (Å²) in [6, 6.07) is 10.4. The standard InChI is InChI=1S/C29H33F2N3O/c1-19-14-20(2)16-22(15-19)6-4-7-24-18-32-21(3)33-29(24)23-10-12-34(13-11-23)28(35)17-25-26(30)8-5-9-27(25)31/h5,8-9,14-16,18,23H,4,6-7,10-13,17H2,1-3H3. The molecule has 4 nitrogen and oxygen atoms in total. The van der Waals surface area contributed by atoms with Crippen LogP contribution in [-0.4, -0.2) is 33.9 Å². The molecule has 0 radical (unpaired) electrons. The molecule has 184 valence electrons. The summed E-state index contributed by atoms with van der Waals surface area (Å²) in [5.41, 5.74) is 6.05. The van der Waals surface area contributed by atoms with Gasteiger partial charge < -0.3 is 4.90 Å². The molecule has 0 atom stereocenters. The molecule has 3 aromatic rings. The zero-order chi connectivity index (χ0) is 24.9. The highest BCUT2D eigenvalue weighted by molar-refractivity contribution is 5.79. The van der Waals surface area contributed by atoms with Crippen molar-refractivity contribution in [2.24, 2.45) is 0 Å². The van der Waals surface area contributed by atoms with Gasteiger partial charge in [-0.25, -0.2) is 18.7 Å². The fourth-order valence-electron chi connectivity index (χ4n) is 5.12. The van der Waals surface area contributed by atoms with Gasteiger partial charge in [0.15, 0.2) is 0 Å². The van der Waals surface area contributed by atoms with Crippen LogP contribution < -0.4 is 0 Å². The van der Waals surface area contributed by atoms with E-state index >= 15 is 0 Å². The van der Waals surface area contributed by atoms with Gasteiger partial charge in [0.05, 0.1) is 12.1 Å². The third-order valence-corrected chi connectivity index (χ3v) is 6.84. The summed E-state index contributed by atoms with van der Waals surface area (Å²) >= 11 is 0. The van der Waals surface area contributed by atoms with Crippen LogP contribution in [0, 0.1) is 32.4 Å². The normalized spacial score (nSPS) is 14.4. The molecule has 2 aromatic carbocycles. The molecule has 0 bridgehead atoms. The fourth-order valence-corrected chi connectivity index (χ4v) is 5.12. The summed E-state index contributed by atoms with van der Waals surface area (Å²) in [4.78, 5) is 23.7. The van der Waals surface area contributed by atoms with Gasteiger partial charge in [0.25, 0.3) is 0 Å². The number of nitrogens with zero attached hydrogens (tertiary/aromatic N) is 3. The first-order valence-electron chi connectivity index (χ1n) is 12.4. The van der Waals surface area contributed by atoms with Gasteiger partial charge in [-0.05, 0) is 76.1 Å². The van der Waals surface area contributed by atoms with Crippen LogP contribution in [0.2, 0.25) is 0 Å². The topological polar surface area (TPSA) is 46.1 Å². The van der Waals surface area contributed by atoms with E-state index in [2.05, 4.69) is 37.0 Å². The van der Waals surface area contributed by atoms with Gasteiger partial charge in [0, 0.05) is 30.8 Å². The Bertz CT molecular complexity index is 1160. The maximum absolute atomic E-state index is 14.0. The first kappa shape index (κ1) is 25.0. The Labute approximate surface area is 206 Å². The van der Waals surface area contributed by atoms with E-state index in [1.54, 1.807) is 4.90 Å². The van der Waals surface area contributed by atoms with Crippen molar-refractivity contribution >= 4 is 5.91 Å². The van der Waals surface area contributed by atoms with Crippen LogP contribution in [-0.2, 0) is 24.1 Å². The Hall–Kier alpha value is -3.15. The molecule has 0 N–H and O–H groups in total. The fraction of sp³-hybridized carbons (Fsp3) is 0.414. The first-order chi connectivity index (χ1) is 16.8. The minimum atomic E-state index is -0.671. The van der Waals surface area contributed by atoms with Crippen LogP contribution in [0.1, 0.15) is 64.5 Å². The summed E-state index contributed by atoms with van der Waals surface area (Å²) < 4.78 is 27.9. The van der Waals surface area contributed by atoms with Crippen molar-refractivity contribution in [1.29, 1.82) is 0 Å². The highest BCUT2D eigenvalue weighted by Crippen LogP contribution is 2.30. The van der Waals surface area contributed by atoms with Crippen molar-refractivity contribution in [2.45, 2.75) is 65.2 Å². The molecule has 35 heavy (non-hydrogen) atoms. The van der Waals surface area contributed by atoms with Crippen LogP contribution in [0.4, 0.5) is 8.78 Å². The van der Waals surface area contributed by atoms with Crippen molar-refractivity contribution in [3.05, 3.63) is 93.6 Å². The molecule has 1 aromatic heterocycles.